The predicted molar refractivity (Wildman–Crippen MR) is 295 cm³/mol. The molecule has 1 aliphatic rings. The van der Waals surface area contributed by atoms with Crippen LogP contribution in [0.25, 0.3) is 85.9 Å². The highest BCUT2D eigenvalue weighted by Crippen LogP contribution is 2.57. The number of nitrogens with zero attached hydrogens (tertiary/aromatic N) is 1. The minimum atomic E-state index is -0.443. The van der Waals surface area contributed by atoms with Crippen molar-refractivity contribution in [3.63, 3.8) is 0 Å². The molecule has 0 aliphatic heterocycles. The Kier molecular flexibility index (Phi) is 9.05. The zero-order chi connectivity index (χ0) is 45.5. The summed E-state index contributed by atoms with van der Waals surface area (Å²) in [6.45, 7) is 0. The molecule has 69 heavy (non-hydrogen) atoms. The van der Waals surface area contributed by atoms with Crippen LogP contribution in [-0.4, -0.2) is 0 Å². The molecule has 0 saturated heterocycles. The first-order valence-electron chi connectivity index (χ1n) is 23.8. The van der Waals surface area contributed by atoms with Gasteiger partial charge in [-0.25, -0.2) is 0 Å². The van der Waals surface area contributed by atoms with E-state index in [4.69, 9.17) is 0 Å². The quantitative estimate of drug-likeness (QED) is 0.144. The molecule has 14 rings (SSSR count). The Labute approximate surface area is 405 Å². The van der Waals surface area contributed by atoms with Crippen LogP contribution in [0.3, 0.4) is 0 Å². The van der Waals surface area contributed by atoms with Crippen LogP contribution in [0.15, 0.2) is 261 Å². The monoisotopic (exact) mass is 893 g/mol. The minimum absolute atomic E-state index is 0.443. The Bertz CT molecular complexity index is 4110. The van der Waals surface area contributed by atoms with E-state index in [1.807, 2.05) is 11.3 Å². The SMILES string of the molecule is c1ccc(C2(c3ccccc3)c3ccccc3-c3cc(-c4cccc(N(c5cccc(-c6cc7ccccc7c7ccccc67)c5)c5cccc6c5sc5c7ccccc7ccc65)c4)ccc32)cc1. The lowest BCUT2D eigenvalue weighted by molar-refractivity contribution is 0.768. The van der Waals surface area contributed by atoms with Gasteiger partial charge in [-0.3, -0.25) is 0 Å². The molecule has 0 bridgehead atoms. The maximum atomic E-state index is 2.49. The lowest BCUT2D eigenvalue weighted by Crippen LogP contribution is -2.28. The number of thiophene rings is 1. The zero-order valence-electron chi connectivity index (χ0n) is 37.7. The fraction of sp³-hybridized carbons (Fsp3) is 0.0149. The van der Waals surface area contributed by atoms with Crippen LogP contribution in [-0.2, 0) is 5.41 Å². The number of hydrogen-bond acceptors (Lipinski definition) is 2. The Hall–Kier alpha value is -8.56. The summed E-state index contributed by atoms with van der Waals surface area (Å²) in [5, 5.41) is 10.2. The molecule has 0 saturated carbocycles. The molecule has 1 nitrogen and oxygen atoms in total. The molecule has 0 N–H and O–H groups in total. The van der Waals surface area contributed by atoms with Crippen LogP contribution in [0.2, 0.25) is 0 Å². The molecule has 0 radical (unpaired) electrons. The van der Waals surface area contributed by atoms with E-state index in [1.54, 1.807) is 0 Å². The van der Waals surface area contributed by atoms with Crippen LogP contribution in [0.5, 0.6) is 0 Å². The van der Waals surface area contributed by atoms with Crippen LogP contribution in [0, 0.1) is 0 Å². The van der Waals surface area contributed by atoms with E-state index in [-0.39, 0.29) is 0 Å². The molecule has 12 aromatic carbocycles. The van der Waals surface area contributed by atoms with Crippen molar-refractivity contribution in [2.24, 2.45) is 0 Å². The normalized spacial score (nSPS) is 12.8. The highest BCUT2D eigenvalue weighted by atomic mass is 32.1. The van der Waals surface area contributed by atoms with Crippen molar-refractivity contribution in [3.05, 3.63) is 283 Å². The van der Waals surface area contributed by atoms with Gasteiger partial charge in [0.05, 0.1) is 15.8 Å². The Morgan fingerprint density at radius 2 is 0.855 bits per heavy atom. The van der Waals surface area contributed by atoms with Crippen molar-refractivity contribution in [1.29, 1.82) is 0 Å². The number of rotatable bonds is 7. The molecular weight excluding hydrogens is 851 g/mol. The van der Waals surface area contributed by atoms with E-state index >= 15 is 0 Å². The summed E-state index contributed by atoms with van der Waals surface area (Å²) in [5.41, 5.74) is 15.4. The number of anilines is 3. The molecule has 0 spiro atoms. The van der Waals surface area contributed by atoms with Gasteiger partial charge < -0.3 is 4.90 Å². The Morgan fingerprint density at radius 3 is 1.64 bits per heavy atom. The third-order valence-corrected chi connectivity index (χ3v) is 16.0. The van der Waals surface area contributed by atoms with E-state index in [2.05, 4.69) is 266 Å². The zero-order valence-corrected chi connectivity index (χ0v) is 38.5. The molecule has 0 fully saturated rings. The first-order valence-corrected chi connectivity index (χ1v) is 24.6. The maximum Gasteiger partial charge on any atom is 0.0713 e. The average molecular weight is 894 g/mol. The summed E-state index contributed by atoms with van der Waals surface area (Å²) < 4.78 is 2.59. The highest BCUT2D eigenvalue weighted by molar-refractivity contribution is 7.27. The van der Waals surface area contributed by atoms with Crippen molar-refractivity contribution in [3.8, 4) is 33.4 Å². The molecule has 1 aliphatic carbocycles. The maximum absolute atomic E-state index is 2.49. The van der Waals surface area contributed by atoms with E-state index in [0.29, 0.717) is 0 Å². The van der Waals surface area contributed by atoms with Gasteiger partial charge in [-0.2, -0.15) is 0 Å². The predicted octanol–water partition coefficient (Wildman–Crippen LogP) is 18.7. The van der Waals surface area contributed by atoms with E-state index < -0.39 is 5.41 Å². The molecule has 0 unspecified atom stereocenters. The van der Waals surface area contributed by atoms with Gasteiger partial charge in [0.1, 0.15) is 0 Å². The molecule has 322 valence electrons. The van der Waals surface area contributed by atoms with E-state index in [9.17, 15) is 0 Å². The summed E-state index contributed by atoms with van der Waals surface area (Å²) in [5.74, 6) is 0. The molecule has 2 heteroatoms. The minimum Gasteiger partial charge on any atom is -0.309 e. The van der Waals surface area contributed by atoms with Crippen LogP contribution >= 0.6 is 11.3 Å². The van der Waals surface area contributed by atoms with E-state index in [0.717, 1.165) is 17.1 Å². The summed E-state index contributed by atoms with van der Waals surface area (Å²) >= 11 is 1.90. The summed E-state index contributed by atoms with van der Waals surface area (Å²) in [6, 6.07) is 96.9. The van der Waals surface area contributed by atoms with Gasteiger partial charge in [0.2, 0.25) is 0 Å². The van der Waals surface area contributed by atoms with Gasteiger partial charge >= 0.3 is 0 Å². The molecule has 1 aromatic heterocycles. The van der Waals surface area contributed by atoms with Gasteiger partial charge in [0.15, 0.2) is 0 Å². The summed E-state index contributed by atoms with van der Waals surface area (Å²) in [4.78, 5) is 2.49. The first-order chi connectivity index (χ1) is 34.2. The smallest absolute Gasteiger partial charge is 0.0713 e. The van der Waals surface area contributed by atoms with E-state index in [1.165, 1.54) is 108 Å². The van der Waals surface area contributed by atoms with Crippen molar-refractivity contribution >= 4 is 80.9 Å². The number of benzene rings is 12. The van der Waals surface area contributed by atoms with Gasteiger partial charge in [-0.1, -0.05) is 218 Å². The topological polar surface area (TPSA) is 3.24 Å². The van der Waals surface area contributed by atoms with Gasteiger partial charge in [-0.05, 0) is 130 Å². The molecule has 0 amide bonds. The standard InChI is InChI=1S/C67H43NS/c1-3-22-49(23-4-1)67(50-24-5-2-6-25-50)62-34-14-13-32-57(62)61-42-46(37-39-63(61)67)45-20-15-26-51(40-45)68(64-35-17-33-58-59-38-36-44-18-7-10-29-54(44)65(59)69-66(58)64)52-27-16-21-47(41-52)60-43-48-19-8-9-28-53(48)55-30-11-12-31-56(55)60/h1-43H. The molecule has 1 heterocycles. The van der Waals surface area contributed by atoms with Crippen molar-refractivity contribution in [2.45, 2.75) is 5.41 Å². The second-order valence-corrected chi connectivity index (χ2v) is 19.4. The Morgan fingerprint density at radius 1 is 0.290 bits per heavy atom. The first kappa shape index (κ1) is 39.6. The van der Waals surface area contributed by atoms with Gasteiger partial charge in [0, 0.05) is 26.8 Å². The highest BCUT2D eigenvalue weighted by Gasteiger charge is 2.46. The fourth-order valence-electron chi connectivity index (χ4n) is 11.7. The fourth-order valence-corrected chi connectivity index (χ4v) is 13.0. The van der Waals surface area contributed by atoms with Gasteiger partial charge in [0.25, 0.3) is 0 Å². The summed E-state index contributed by atoms with van der Waals surface area (Å²) in [7, 11) is 0. The molecular formula is C67H43NS. The van der Waals surface area contributed by atoms with Crippen molar-refractivity contribution < 1.29 is 0 Å². The Balaban J connectivity index is 0.974. The third kappa shape index (κ3) is 6.09. The van der Waals surface area contributed by atoms with Crippen LogP contribution in [0.4, 0.5) is 17.1 Å². The van der Waals surface area contributed by atoms with Crippen LogP contribution in [0.1, 0.15) is 22.3 Å². The lowest BCUT2D eigenvalue weighted by Gasteiger charge is -2.33. The summed E-state index contributed by atoms with van der Waals surface area (Å²) in [6.07, 6.45) is 0. The van der Waals surface area contributed by atoms with Crippen LogP contribution < -0.4 is 4.90 Å². The average Bonchev–Trinajstić information content (AvgIpc) is 3.96. The number of hydrogen-bond donors (Lipinski definition) is 0. The molecule has 13 aromatic rings. The van der Waals surface area contributed by atoms with Crippen molar-refractivity contribution in [2.75, 3.05) is 4.90 Å². The number of fused-ring (bicyclic) bond motifs is 11. The third-order valence-electron chi connectivity index (χ3n) is 14.7. The van der Waals surface area contributed by atoms with Crippen molar-refractivity contribution in [1.82, 2.24) is 0 Å². The van der Waals surface area contributed by atoms with Gasteiger partial charge in [-0.15, -0.1) is 11.3 Å². The second kappa shape index (κ2) is 15.8. The lowest BCUT2D eigenvalue weighted by atomic mass is 9.67. The molecule has 0 atom stereocenters. The second-order valence-electron chi connectivity index (χ2n) is 18.3. The largest absolute Gasteiger partial charge is 0.309 e.